The fourth-order valence-electron chi connectivity index (χ4n) is 1.77. The zero-order chi connectivity index (χ0) is 11.4. The Morgan fingerprint density at radius 1 is 1.60 bits per heavy atom. The molecule has 2 unspecified atom stereocenters. The van der Waals surface area contributed by atoms with E-state index >= 15 is 0 Å². The molecule has 1 fully saturated rings. The van der Waals surface area contributed by atoms with Gasteiger partial charge in [0.1, 0.15) is 6.04 Å². The van der Waals surface area contributed by atoms with Crippen molar-refractivity contribution >= 4 is 23.6 Å². The summed E-state index contributed by atoms with van der Waals surface area (Å²) in [5.41, 5.74) is 0. The highest BCUT2D eigenvalue weighted by Gasteiger charge is 2.31. The van der Waals surface area contributed by atoms with Crippen LogP contribution in [0.1, 0.15) is 26.2 Å². The van der Waals surface area contributed by atoms with Crippen molar-refractivity contribution in [2.75, 3.05) is 12.8 Å². The third-order valence-electron chi connectivity index (χ3n) is 2.69. The Balaban J connectivity index is 2.60. The van der Waals surface area contributed by atoms with Crippen molar-refractivity contribution < 1.29 is 14.7 Å². The lowest BCUT2D eigenvalue weighted by molar-refractivity contribution is -0.148. The number of nitrogens with zero attached hydrogens (tertiary/aromatic N) is 1. The van der Waals surface area contributed by atoms with Gasteiger partial charge in [0, 0.05) is 7.05 Å². The van der Waals surface area contributed by atoms with Crippen LogP contribution in [0.4, 0.5) is 0 Å². The number of hydrogen-bond acceptors (Lipinski definition) is 3. The zero-order valence-corrected chi connectivity index (χ0v) is 9.92. The highest BCUT2D eigenvalue weighted by Crippen LogP contribution is 2.28. The third-order valence-corrected chi connectivity index (χ3v) is 4.06. The molecular weight excluding hydrogens is 214 g/mol. The molecule has 0 aromatic rings. The Morgan fingerprint density at radius 3 is 2.67 bits per heavy atom. The summed E-state index contributed by atoms with van der Waals surface area (Å²) in [5, 5.41) is 8.91. The smallest absolute Gasteiger partial charge is 0.326 e. The summed E-state index contributed by atoms with van der Waals surface area (Å²) >= 11 is 1.63. The maximum absolute atomic E-state index is 11.9. The number of thioether (sulfide) groups is 1. The van der Waals surface area contributed by atoms with Gasteiger partial charge < -0.3 is 10.0 Å². The fraction of sp³-hybridized carbons (Fsp3) is 0.800. The summed E-state index contributed by atoms with van der Waals surface area (Å²) in [7, 11) is 1.59. The molecule has 1 aliphatic rings. The predicted molar refractivity (Wildman–Crippen MR) is 60.0 cm³/mol. The molecule has 4 nitrogen and oxygen atoms in total. The van der Waals surface area contributed by atoms with E-state index in [0.717, 1.165) is 18.6 Å². The van der Waals surface area contributed by atoms with Gasteiger partial charge in [-0.2, -0.15) is 0 Å². The second kappa shape index (κ2) is 5.39. The van der Waals surface area contributed by atoms with Crippen LogP contribution in [0.2, 0.25) is 0 Å². The first-order chi connectivity index (χ1) is 7.07. The molecule has 0 aromatic heterocycles. The molecule has 1 rings (SSSR count). The number of carboxylic acids is 1. The molecular formula is C10H17NO3S. The Hall–Kier alpha value is -0.710. The first kappa shape index (κ1) is 12.4. The molecule has 0 bridgehead atoms. The minimum atomic E-state index is -0.920. The van der Waals surface area contributed by atoms with E-state index in [1.165, 1.54) is 4.90 Å². The lowest BCUT2D eigenvalue weighted by atomic mass is 10.1. The van der Waals surface area contributed by atoms with Crippen LogP contribution in [0, 0.1) is 0 Å². The Bertz CT molecular complexity index is 251. The van der Waals surface area contributed by atoms with Crippen molar-refractivity contribution in [3.05, 3.63) is 0 Å². The molecule has 1 amide bonds. The predicted octanol–water partition coefficient (Wildman–Crippen LogP) is 1.20. The van der Waals surface area contributed by atoms with Crippen LogP contribution in [0.5, 0.6) is 0 Å². The number of hydrogen-bond donors (Lipinski definition) is 1. The third kappa shape index (κ3) is 2.87. The molecule has 1 aliphatic heterocycles. The number of amides is 1. The van der Waals surface area contributed by atoms with E-state index < -0.39 is 12.0 Å². The SMILES string of the molecule is CCC(C(=O)O)N(C)C(=O)C1CCCS1. The topological polar surface area (TPSA) is 57.6 Å². The molecule has 1 heterocycles. The van der Waals surface area contributed by atoms with Gasteiger partial charge in [-0.25, -0.2) is 4.79 Å². The van der Waals surface area contributed by atoms with Gasteiger partial charge in [0.25, 0.3) is 0 Å². The first-order valence-electron chi connectivity index (χ1n) is 5.19. The number of carbonyl (C=O) groups excluding carboxylic acids is 1. The normalized spacial score (nSPS) is 22.4. The average molecular weight is 231 g/mol. The van der Waals surface area contributed by atoms with Crippen molar-refractivity contribution in [3.63, 3.8) is 0 Å². The molecule has 0 saturated carbocycles. The highest BCUT2D eigenvalue weighted by molar-refractivity contribution is 8.00. The van der Waals surface area contributed by atoms with Gasteiger partial charge in [-0.15, -0.1) is 11.8 Å². The minimum Gasteiger partial charge on any atom is -0.480 e. The van der Waals surface area contributed by atoms with Gasteiger partial charge in [0.15, 0.2) is 0 Å². The van der Waals surface area contributed by atoms with Gasteiger partial charge in [-0.05, 0) is 25.0 Å². The summed E-state index contributed by atoms with van der Waals surface area (Å²) in [6.07, 6.45) is 2.39. The molecule has 0 aromatic carbocycles. The Morgan fingerprint density at radius 2 is 2.27 bits per heavy atom. The van der Waals surface area contributed by atoms with Crippen LogP contribution in [0.25, 0.3) is 0 Å². The van der Waals surface area contributed by atoms with Crippen LogP contribution in [-0.2, 0) is 9.59 Å². The molecule has 15 heavy (non-hydrogen) atoms. The number of likely N-dealkylation sites (N-methyl/N-ethyl adjacent to an activating group) is 1. The van der Waals surface area contributed by atoms with E-state index in [9.17, 15) is 9.59 Å². The molecule has 0 aliphatic carbocycles. The van der Waals surface area contributed by atoms with Gasteiger partial charge in [0.05, 0.1) is 5.25 Å². The summed E-state index contributed by atoms with van der Waals surface area (Å²) in [6, 6.07) is -0.682. The second-order valence-electron chi connectivity index (χ2n) is 3.71. The summed E-state index contributed by atoms with van der Waals surface area (Å²) in [5.74, 6) is 0.0526. The average Bonchev–Trinajstić information content (AvgIpc) is 2.69. The van der Waals surface area contributed by atoms with Gasteiger partial charge >= 0.3 is 5.97 Å². The maximum Gasteiger partial charge on any atom is 0.326 e. The van der Waals surface area contributed by atoms with E-state index in [1.807, 2.05) is 0 Å². The van der Waals surface area contributed by atoms with Crippen molar-refractivity contribution in [1.82, 2.24) is 4.90 Å². The van der Waals surface area contributed by atoms with Gasteiger partial charge in [-0.3, -0.25) is 4.79 Å². The zero-order valence-electron chi connectivity index (χ0n) is 9.10. The van der Waals surface area contributed by atoms with Crippen molar-refractivity contribution in [2.45, 2.75) is 37.5 Å². The Labute approximate surface area is 94.0 Å². The van der Waals surface area contributed by atoms with Crippen molar-refractivity contribution in [1.29, 1.82) is 0 Å². The van der Waals surface area contributed by atoms with E-state index in [0.29, 0.717) is 6.42 Å². The van der Waals surface area contributed by atoms with Crippen LogP contribution in [0.15, 0.2) is 0 Å². The molecule has 5 heteroatoms. The van der Waals surface area contributed by atoms with E-state index in [1.54, 1.807) is 25.7 Å². The molecule has 1 saturated heterocycles. The second-order valence-corrected chi connectivity index (χ2v) is 5.02. The van der Waals surface area contributed by atoms with Crippen LogP contribution < -0.4 is 0 Å². The number of rotatable bonds is 4. The summed E-state index contributed by atoms with van der Waals surface area (Å²) in [4.78, 5) is 24.2. The van der Waals surface area contributed by atoms with Crippen molar-refractivity contribution in [2.24, 2.45) is 0 Å². The Kier molecular flexibility index (Phi) is 4.45. The fourth-order valence-corrected chi connectivity index (χ4v) is 3.03. The molecule has 2 atom stereocenters. The standard InChI is InChI=1S/C10H17NO3S/c1-3-7(10(13)14)11(2)9(12)8-5-4-6-15-8/h7-8H,3-6H2,1-2H3,(H,13,14). The van der Waals surface area contributed by atoms with Gasteiger partial charge in [0.2, 0.25) is 5.91 Å². The minimum absolute atomic E-state index is 0.0246. The van der Waals surface area contributed by atoms with Crippen LogP contribution in [-0.4, -0.2) is 46.0 Å². The summed E-state index contributed by atoms with van der Waals surface area (Å²) in [6.45, 7) is 1.78. The van der Waals surface area contributed by atoms with E-state index in [2.05, 4.69) is 0 Å². The van der Waals surface area contributed by atoms with Gasteiger partial charge in [-0.1, -0.05) is 6.92 Å². The lowest BCUT2D eigenvalue weighted by Crippen LogP contribution is -2.45. The quantitative estimate of drug-likeness (QED) is 0.790. The molecule has 0 spiro atoms. The monoisotopic (exact) mass is 231 g/mol. The lowest BCUT2D eigenvalue weighted by Gasteiger charge is -2.26. The van der Waals surface area contributed by atoms with Crippen molar-refractivity contribution in [3.8, 4) is 0 Å². The first-order valence-corrected chi connectivity index (χ1v) is 6.23. The maximum atomic E-state index is 11.9. The highest BCUT2D eigenvalue weighted by atomic mass is 32.2. The van der Waals surface area contributed by atoms with Crippen LogP contribution >= 0.6 is 11.8 Å². The largest absolute Gasteiger partial charge is 0.480 e. The number of aliphatic carboxylic acids is 1. The molecule has 0 radical (unpaired) electrons. The van der Waals surface area contributed by atoms with E-state index in [4.69, 9.17) is 5.11 Å². The number of carboxylic acid groups (broad SMARTS) is 1. The van der Waals surface area contributed by atoms with E-state index in [-0.39, 0.29) is 11.2 Å². The number of carbonyl (C=O) groups is 2. The molecule has 1 N–H and O–H groups in total. The summed E-state index contributed by atoms with van der Waals surface area (Å²) < 4.78 is 0. The molecule has 86 valence electrons. The van der Waals surface area contributed by atoms with Crippen LogP contribution in [0.3, 0.4) is 0 Å².